The maximum atomic E-state index is 5.99. The number of hydrogen-bond acceptors (Lipinski definition) is 4. The Morgan fingerprint density at radius 3 is 1.15 bits per heavy atom. The summed E-state index contributed by atoms with van der Waals surface area (Å²) in [6, 6.07) is 12.9. The molecule has 0 fully saturated rings. The second kappa shape index (κ2) is 6.02. The van der Waals surface area contributed by atoms with Crippen LogP contribution in [0.15, 0.2) is 36.4 Å². The van der Waals surface area contributed by atoms with E-state index in [2.05, 4.69) is 36.4 Å². The number of nitrogen functional groups attached to an aromatic ring is 2. The van der Waals surface area contributed by atoms with Gasteiger partial charge in [0.2, 0.25) is 0 Å². The molecule has 4 heteroatoms. The van der Waals surface area contributed by atoms with E-state index < -0.39 is 0 Å². The SMILES string of the molecule is Nc1cc2cc(c1)CSCc1cc(N)cc(c1)CSC2. The second-order valence-electron chi connectivity index (χ2n) is 5.15. The van der Waals surface area contributed by atoms with Crippen LogP contribution in [0.1, 0.15) is 22.3 Å². The zero-order chi connectivity index (χ0) is 13.9. The Hall–Kier alpha value is -1.26. The van der Waals surface area contributed by atoms with Gasteiger partial charge in [0, 0.05) is 34.4 Å². The molecule has 0 aliphatic carbocycles. The minimum atomic E-state index is 0.874. The zero-order valence-corrected chi connectivity index (χ0v) is 12.9. The third-order valence-electron chi connectivity index (χ3n) is 3.22. The van der Waals surface area contributed by atoms with E-state index in [0.717, 1.165) is 34.4 Å². The van der Waals surface area contributed by atoms with Crippen molar-refractivity contribution in [3.63, 3.8) is 0 Å². The van der Waals surface area contributed by atoms with Gasteiger partial charge in [-0.3, -0.25) is 0 Å². The number of rotatable bonds is 0. The van der Waals surface area contributed by atoms with Crippen LogP contribution in [0, 0.1) is 0 Å². The largest absolute Gasteiger partial charge is 0.399 e. The normalized spacial score (nSPS) is 15.2. The number of fused-ring (bicyclic) bond motifs is 4. The molecule has 1 aliphatic rings. The van der Waals surface area contributed by atoms with Gasteiger partial charge in [-0.05, 0) is 46.5 Å². The average molecular weight is 302 g/mol. The van der Waals surface area contributed by atoms with Crippen LogP contribution >= 0.6 is 23.5 Å². The molecule has 0 spiro atoms. The lowest BCUT2D eigenvalue weighted by Gasteiger charge is -2.12. The predicted molar refractivity (Wildman–Crippen MR) is 91.7 cm³/mol. The highest BCUT2D eigenvalue weighted by Gasteiger charge is 2.06. The Morgan fingerprint density at radius 1 is 0.550 bits per heavy atom. The first-order valence-electron chi connectivity index (χ1n) is 6.61. The summed E-state index contributed by atoms with van der Waals surface area (Å²) < 4.78 is 0. The third-order valence-corrected chi connectivity index (χ3v) is 5.37. The molecular formula is C16H18N2S2. The lowest BCUT2D eigenvalue weighted by molar-refractivity contribution is 1.28. The molecule has 1 aliphatic heterocycles. The fraction of sp³-hybridized carbons (Fsp3) is 0.250. The van der Waals surface area contributed by atoms with E-state index in [-0.39, 0.29) is 0 Å². The van der Waals surface area contributed by atoms with Crippen molar-refractivity contribution in [3.8, 4) is 0 Å². The van der Waals surface area contributed by atoms with E-state index in [4.69, 9.17) is 11.5 Å². The molecule has 0 saturated carbocycles. The maximum absolute atomic E-state index is 5.99. The second-order valence-corrected chi connectivity index (χ2v) is 7.12. The van der Waals surface area contributed by atoms with Gasteiger partial charge in [0.05, 0.1) is 0 Å². The van der Waals surface area contributed by atoms with Crippen LogP contribution in [0.2, 0.25) is 0 Å². The summed E-state index contributed by atoms with van der Waals surface area (Å²) in [6.45, 7) is 0. The van der Waals surface area contributed by atoms with Crippen LogP contribution in [-0.4, -0.2) is 0 Å². The highest BCUT2D eigenvalue weighted by molar-refractivity contribution is 7.98. The summed E-state index contributed by atoms with van der Waals surface area (Å²) in [4.78, 5) is 0. The van der Waals surface area contributed by atoms with Gasteiger partial charge in [-0.1, -0.05) is 12.1 Å². The van der Waals surface area contributed by atoms with Gasteiger partial charge in [-0.2, -0.15) is 23.5 Å². The Balaban J connectivity index is 1.88. The summed E-state index contributed by atoms with van der Waals surface area (Å²) in [5.41, 5.74) is 19.0. The van der Waals surface area contributed by atoms with E-state index >= 15 is 0 Å². The smallest absolute Gasteiger partial charge is 0.0320 e. The van der Waals surface area contributed by atoms with Crippen molar-refractivity contribution in [2.24, 2.45) is 0 Å². The van der Waals surface area contributed by atoms with Crippen molar-refractivity contribution in [3.05, 3.63) is 58.7 Å². The molecule has 0 amide bonds. The maximum Gasteiger partial charge on any atom is 0.0320 e. The molecule has 0 aromatic heterocycles. The topological polar surface area (TPSA) is 52.0 Å². The minimum Gasteiger partial charge on any atom is -0.399 e. The lowest BCUT2D eigenvalue weighted by atomic mass is 10.1. The third kappa shape index (κ3) is 3.44. The summed E-state index contributed by atoms with van der Waals surface area (Å²) in [5, 5.41) is 0. The number of nitrogens with two attached hydrogens (primary N) is 2. The molecule has 0 unspecified atom stereocenters. The molecule has 1 heterocycles. The number of thioether (sulfide) groups is 2. The molecule has 3 rings (SSSR count). The van der Waals surface area contributed by atoms with Gasteiger partial charge in [-0.25, -0.2) is 0 Å². The number of benzene rings is 2. The van der Waals surface area contributed by atoms with Crippen LogP contribution < -0.4 is 11.5 Å². The summed E-state index contributed by atoms with van der Waals surface area (Å²) in [5.74, 6) is 3.97. The van der Waals surface area contributed by atoms with Gasteiger partial charge >= 0.3 is 0 Å². The molecule has 2 aromatic carbocycles. The standard InChI is InChI=1S/C16H18N2S2/c17-15-3-11-1-12(4-15)8-20-10-14-2-13(9-19-7-11)5-16(18)6-14/h1-6H,7-10,17-18H2. The fourth-order valence-electron chi connectivity index (χ4n) is 2.49. The molecular weight excluding hydrogens is 284 g/mol. The van der Waals surface area contributed by atoms with Crippen molar-refractivity contribution in [2.45, 2.75) is 23.0 Å². The Kier molecular flexibility index (Phi) is 4.13. The van der Waals surface area contributed by atoms with E-state index in [1.165, 1.54) is 22.3 Å². The summed E-state index contributed by atoms with van der Waals surface area (Å²) in [6.07, 6.45) is 0. The van der Waals surface area contributed by atoms with Gasteiger partial charge < -0.3 is 11.5 Å². The van der Waals surface area contributed by atoms with Crippen LogP contribution in [0.3, 0.4) is 0 Å². The summed E-state index contributed by atoms with van der Waals surface area (Å²) >= 11 is 3.82. The van der Waals surface area contributed by atoms with Crippen molar-refractivity contribution >= 4 is 34.9 Å². The molecule has 0 atom stereocenters. The van der Waals surface area contributed by atoms with Crippen LogP contribution in [-0.2, 0) is 23.0 Å². The van der Waals surface area contributed by atoms with Crippen molar-refractivity contribution in [1.29, 1.82) is 0 Å². The molecule has 0 radical (unpaired) electrons. The highest BCUT2D eigenvalue weighted by atomic mass is 32.2. The van der Waals surface area contributed by atoms with Crippen LogP contribution in [0.25, 0.3) is 0 Å². The number of hydrogen-bond donors (Lipinski definition) is 2. The van der Waals surface area contributed by atoms with Crippen LogP contribution in [0.4, 0.5) is 11.4 Å². The number of anilines is 2. The van der Waals surface area contributed by atoms with E-state index in [1.54, 1.807) is 0 Å². The Morgan fingerprint density at radius 2 is 0.850 bits per heavy atom. The van der Waals surface area contributed by atoms with Gasteiger partial charge in [0.25, 0.3) is 0 Å². The first-order valence-corrected chi connectivity index (χ1v) is 8.92. The first-order chi connectivity index (χ1) is 9.69. The molecule has 20 heavy (non-hydrogen) atoms. The first kappa shape index (κ1) is 13.7. The predicted octanol–water partition coefficient (Wildman–Crippen LogP) is 4.03. The van der Waals surface area contributed by atoms with Gasteiger partial charge in [-0.15, -0.1) is 0 Å². The lowest BCUT2D eigenvalue weighted by Crippen LogP contribution is -1.96. The van der Waals surface area contributed by atoms with Crippen molar-refractivity contribution in [2.75, 3.05) is 11.5 Å². The molecule has 2 aromatic rings. The van der Waals surface area contributed by atoms with E-state index in [1.807, 2.05) is 23.5 Å². The minimum absolute atomic E-state index is 0.874. The Labute approximate surface area is 128 Å². The Bertz CT molecular complexity index is 526. The molecule has 104 valence electrons. The summed E-state index contributed by atoms with van der Waals surface area (Å²) in [7, 11) is 0. The van der Waals surface area contributed by atoms with Crippen molar-refractivity contribution in [1.82, 2.24) is 0 Å². The monoisotopic (exact) mass is 302 g/mol. The van der Waals surface area contributed by atoms with Gasteiger partial charge in [0.1, 0.15) is 0 Å². The van der Waals surface area contributed by atoms with Crippen LogP contribution in [0.5, 0.6) is 0 Å². The fourth-order valence-corrected chi connectivity index (χ4v) is 4.30. The molecule has 0 saturated heterocycles. The van der Waals surface area contributed by atoms with E-state index in [0.29, 0.717) is 0 Å². The zero-order valence-electron chi connectivity index (χ0n) is 11.3. The van der Waals surface area contributed by atoms with Gasteiger partial charge in [0.15, 0.2) is 0 Å². The van der Waals surface area contributed by atoms with Crippen molar-refractivity contribution < 1.29 is 0 Å². The average Bonchev–Trinajstić information content (AvgIpc) is 2.36. The highest BCUT2D eigenvalue weighted by Crippen LogP contribution is 2.27. The molecule has 4 N–H and O–H groups in total. The molecule has 2 nitrogen and oxygen atoms in total. The quantitative estimate of drug-likeness (QED) is 0.721. The molecule has 4 bridgehead atoms. The van der Waals surface area contributed by atoms with E-state index in [9.17, 15) is 0 Å².